The molecule has 2 aliphatic rings. The third kappa shape index (κ3) is 2.83. The second kappa shape index (κ2) is 5.24. The minimum Gasteiger partial charge on any atom is -0.387 e. The number of aliphatic hydroxyl groups is 1. The van der Waals surface area contributed by atoms with E-state index in [1.807, 2.05) is 0 Å². The number of carbonyl (C=O) groups excluding carboxylic acids is 1. The molecule has 0 bridgehead atoms. The molecule has 1 heterocycles. The summed E-state index contributed by atoms with van der Waals surface area (Å²) in [5.74, 6) is -0.500. The number of fused-ring (bicyclic) bond motifs is 1. The summed E-state index contributed by atoms with van der Waals surface area (Å²) in [5, 5.41) is 12.3. The molecule has 0 unspecified atom stereocenters. The predicted octanol–water partition coefficient (Wildman–Crippen LogP) is 2.38. The van der Waals surface area contributed by atoms with Crippen LogP contribution in [0.2, 0.25) is 0 Å². The number of hydrogen-bond donors (Lipinski definition) is 2. The van der Waals surface area contributed by atoms with Crippen LogP contribution >= 0.6 is 0 Å². The third-order valence-corrected chi connectivity index (χ3v) is 4.21. The molecule has 0 saturated heterocycles. The van der Waals surface area contributed by atoms with Crippen LogP contribution in [0.15, 0.2) is 12.1 Å². The van der Waals surface area contributed by atoms with Gasteiger partial charge >= 0.3 is 6.18 Å². The van der Waals surface area contributed by atoms with Gasteiger partial charge in [-0.2, -0.15) is 13.2 Å². The van der Waals surface area contributed by atoms with Crippen molar-refractivity contribution < 1.29 is 27.8 Å². The lowest BCUT2D eigenvalue weighted by atomic mass is 9.81. The average Bonchev–Trinajstić information content (AvgIpc) is 2.77. The number of ether oxygens (including phenoxy) is 1. The Morgan fingerprint density at radius 2 is 2.05 bits per heavy atom. The molecule has 0 radical (unpaired) electrons. The highest BCUT2D eigenvalue weighted by Crippen LogP contribution is 2.36. The first kappa shape index (κ1) is 15.3. The summed E-state index contributed by atoms with van der Waals surface area (Å²) in [7, 11) is 0. The highest BCUT2D eigenvalue weighted by Gasteiger charge is 2.38. The highest BCUT2D eigenvalue weighted by atomic mass is 19.4. The van der Waals surface area contributed by atoms with Crippen molar-refractivity contribution >= 4 is 5.91 Å². The Balaban J connectivity index is 1.79. The van der Waals surface area contributed by atoms with Gasteiger partial charge in [0.2, 0.25) is 0 Å². The topological polar surface area (TPSA) is 58.6 Å². The van der Waals surface area contributed by atoms with E-state index in [2.05, 4.69) is 5.32 Å². The largest absolute Gasteiger partial charge is 0.416 e. The maximum atomic E-state index is 13.1. The first-order valence-corrected chi connectivity index (χ1v) is 7.10. The number of amides is 1. The first-order chi connectivity index (χ1) is 10.3. The maximum Gasteiger partial charge on any atom is 0.416 e. The predicted molar refractivity (Wildman–Crippen MR) is 71.1 cm³/mol. The summed E-state index contributed by atoms with van der Waals surface area (Å²) in [5.41, 5.74) is -1.33. The van der Waals surface area contributed by atoms with E-state index >= 15 is 0 Å². The van der Waals surface area contributed by atoms with Gasteiger partial charge in [-0.25, -0.2) is 0 Å². The number of nitrogens with one attached hydrogen (secondary N) is 1. The lowest BCUT2D eigenvalue weighted by Gasteiger charge is -2.36. The van der Waals surface area contributed by atoms with Crippen LogP contribution in [0.5, 0.6) is 0 Å². The number of rotatable bonds is 4. The van der Waals surface area contributed by atoms with Crippen molar-refractivity contribution in [2.75, 3.05) is 6.61 Å². The van der Waals surface area contributed by atoms with Crippen molar-refractivity contribution in [3.05, 3.63) is 34.4 Å². The molecule has 22 heavy (non-hydrogen) atoms. The van der Waals surface area contributed by atoms with Gasteiger partial charge in [0.15, 0.2) is 0 Å². The molecule has 0 spiro atoms. The fourth-order valence-electron chi connectivity index (χ4n) is 2.81. The normalized spacial score (nSPS) is 19.5. The van der Waals surface area contributed by atoms with Crippen LogP contribution in [0, 0.1) is 0 Å². The molecule has 0 atom stereocenters. The van der Waals surface area contributed by atoms with Crippen LogP contribution in [0.1, 0.15) is 46.3 Å². The Kier molecular flexibility index (Phi) is 3.65. The number of hydrogen-bond acceptors (Lipinski definition) is 3. The number of alkyl halides is 3. The summed E-state index contributed by atoms with van der Waals surface area (Å²) < 4.78 is 44.7. The molecule has 120 valence electrons. The minimum atomic E-state index is -4.52. The molecular weight excluding hydrogens is 299 g/mol. The quantitative estimate of drug-likeness (QED) is 0.897. The second-order valence-corrected chi connectivity index (χ2v) is 5.92. The Bertz CT molecular complexity index is 609. The zero-order chi connectivity index (χ0) is 16.0. The van der Waals surface area contributed by atoms with Crippen molar-refractivity contribution in [2.24, 2.45) is 0 Å². The Morgan fingerprint density at radius 3 is 2.64 bits per heavy atom. The van der Waals surface area contributed by atoms with E-state index in [0.717, 1.165) is 12.5 Å². The van der Waals surface area contributed by atoms with E-state index in [9.17, 15) is 23.1 Å². The average molecular weight is 315 g/mol. The van der Waals surface area contributed by atoms with Gasteiger partial charge in [-0.15, -0.1) is 0 Å². The van der Waals surface area contributed by atoms with E-state index in [4.69, 9.17) is 4.74 Å². The van der Waals surface area contributed by atoms with E-state index < -0.39 is 23.2 Å². The number of halogens is 3. The molecule has 1 aliphatic carbocycles. The van der Waals surface area contributed by atoms with Crippen molar-refractivity contribution in [2.45, 2.75) is 44.2 Å². The van der Waals surface area contributed by atoms with Gasteiger partial charge in [-0.3, -0.25) is 4.79 Å². The summed E-state index contributed by atoms with van der Waals surface area (Å²) >= 11 is 0. The summed E-state index contributed by atoms with van der Waals surface area (Å²) in [6.45, 7) is -0.0759. The molecule has 4 nitrogen and oxygen atoms in total. The zero-order valence-electron chi connectivity index (χ0n) is 11.8. The SMILES string of the molecule is O=C1NCc2c1cc(COCC1(O)CCC1)cc2C(F)(F)F. The molecule has 2 N–H and O–H groups in total. The molecular formula is C15H16F3NO3. The Hall–Kier alpha value is -1.60. The molecule has 1 amide bonds. The number of carbonyl (C=O) groups is 1. The summed E-state index contributed by atoms with van der Waals surface area (Å²) in [6.07, 6.45) is -2.30. The van der Waals surface area contributed by atoms with Crippen LogP contribution in [-0.2, 0) is 24.1 Å². The zero-order valence-corrected chi connectivity index (χ0v) is 11.8. The lowest BCUT2D eigenvalue weighted by Crippen LogP contribution is -2.41. The molecule has 1 aromatic rings. The Morgan fingerprint density at radius 1 is 1.32 bits per heavy atom. The van der Waals surface area contributed by atoms with Crippen LogP contribution in [0.25, 0.3) is 0 Å². The van der Waals surface area contributed by atoms with Crippen LogP contribution in [0.3, 0.4) is 0 Å². The van der Waals surface area contributed by atoms with Gasteiger partial charge in [0.25, 0.3) is 5.91 Å². The van der Waals surface area contributed by atoms with Gasteiger partial charge in [-0.1, -0.05) is 0 Å². The van der Waals surface area contributed by atoms with Crippen molar-refractivity contribution in [3.63, 3.8) is 0 Å². The molecule has 1 fully saturated rings. The van der Waals surface area contributed by atoms with Gasteiger partial charge < -0.3 is 15.2 Å². The van der Waals surface area contributed by atoms with E-state index in [-0.39, 0.29) is 36.4 Å². The molecule has 3 rings (SSSR count). The molecule has 0 aromatic heterocycles. The monoisotopic (exact) mass is 315 g/mol. The van der Waals surface area contributed by atoms with Crippen molar-refractivity contribution in [1.82, 2.24) is 5.32 Å². The van der Waals surface area contributed by atoms with Crippen LogP contribution < -0.4 is 5.32 Å². The van der Waals surface area contributed by atoms with Gasteiger partial charge in [0.05, 0.1) is 24.4 Å². The van der Waals surface area contributed by atoms with Crippen LogP contribution in [0.4, 0.5) is 13.2 Å². The van der Waals surface area contributed by atoms with E-state index in [1.54, 1.807) is 0 Å². The molecule has 1 aromatic carbocycles. The Labute approximate surface area is 125 Å². The van der Waals surface area contributed by atoms with E-state index in [0.29, 0.717) is 12.8 Å². The van der Waals surface area contributed by atoms with E-state index in [1.165, 1.54) is 6.07 Å². The fraction of sp³-hybridized carbons (Fsp3) is 0.533. The van der Waals surface area contributed by atoms with Gasteiger partial charge in [-0.05, 0) is 42.5 Å². The van der Waals surface area contributed by atoms with Crippen LogP contribution in [-0.4, -0.2) is 23.2 Å². The molecule has 1 aliphatic heterocycles. The standard InChI is InChI=1S/C15H16F3NO3/c16-15(17,18)12-5-9(4-10-11(12)6-19-13(10)20)7-22-8-14(21)2-1-3-14/h4-5,21H,1-3,6-8H2,(H,19,20). The fourth-order valence-corrected chi connectivity index (χ4v) is 2.81. The summed E-state index contributed by atoms with van der Waals surface area (Å²) in [6, 6.07) is 2.45. The maximum absolute atomic E-state index is 13.1. The lowest BCUT2D eigenvalue weighted by molar-refractivity contribution is -0.138. The summed E-state index contributed by atoms with van der Waals surface area (Å²) in [4.78, 5) is 11.6. The van der Waals surface area contributed by atoms with Crippen molar-refractivity contribution in [3.8, 4) is 0 Å². The smallest absolute Gasteiger partial charge is 0.387 e. The first-order valence-electron chi connectivity index (χ1n) is 7.10. The molecule has 7 heteroatoms. The van der Waals surface area contributed by atoms with Gasteiger partial charge in [0.1, 0.15) is 0 Å². The van der Waals surface area contributed by atoms with Gasteiger partial charge in [0, 0.05) is 12.1 Å². The second-order valence-electron chi connectivity index (χ2n) is 5.92. The van der Waals surface area contributed by atoms with Crippen molar-refractivity contribution in [1.29, 1.82) is 0 Å². The highest BCUT2D eigenvalue weighted by molar-refractivity contribution is 5.99. The number of benzene rings is 1. The molecule has 1 saturated carbocycles. The minimum absolute atomic E-state index is 0.0149. The third-order valence-electron chi connectivity index (χ3n) is 4.21.